The van der Waals surface area contributed by atoms with Gasteiger partial charge in [-0.15, -0.1) is 0 Å². The topological polar surface area (TPSA) is 75.7 Å². The van der Waals surface area contributed by atoms with Crippen LogP contribution in [0, 0.1) is 0 Å². The molecule has 0 spiro atoms. The van der Waals surface area contributed by atoms with E-state index in [1.54, 1.807) is 19.9 Å². The van der Waals surface area contributed by atoms with Gasteiger partial charge in [-0.1, -0.05) is 6.92 Å². The second-order valence-corrected chi connectivity index (χ2v) is 8.74. The third kappa shape index (κ3) is 5.05. The van der Waals surface area contributed by atoms with Crippen LogP contribution in [0.25, 0.3) is 0 Å². The number of sulfonamides is 1. The van der Waals surface area contributed by atoms with Gasteiger partial charge in [0.05, 0.1) is 17.6 Å². The summed E-state index contributed by atoms with van der Waals surface area (Å²) < 4.78 is 32.6. The van der Waals surface area contributed by atoms with Gasteiger partial charge in [-0.25, -0.2) is 13.1 Å². The molecule has 1 heterocycles. The highest BCUT2D eigenvalue weighted by Gasteiger charge is 2.25. The molecule has 1 aromatic rings. The minimum atomic E-state index is -3.65. The maximum Gasteiger partial charge on any atom is 0.240 e. The van der Waals surface area contributed by atoms with E-state index in [-0.39, 0.29) is 16.7 Å². The number of benzene rings is 1. The van der Waals surface area contributed by atoms with Crippen LogP contribution in [0.3, 0.4) is 0 Å². The van der Waals surface area contributed by atoms with Crippen LogP contribution in [0.2, 0.25) is 0 Å². The highest BCUT2D eigenvalue weighted by atomic mass is 32.2. The van der Waals surface area contributed by atoms with Crippen LogP contribution in [0.15, 0.2) is 23.1 Å². The van der Waals surface area contributed by atoms with Gasteiger partial charge in [0, 0.05) is 18.5 Å². The smallest absolute Gasteiger partial charge is 0.240 e. The zero-order valence-electron chi connectivity index (χ0n) is 16.1. The van der Waals surface area contributed by atoms with Gasteiger partial charge in [-0.2, -0.15) is 0 Å². The predicted molar refractivity (Wildman–Crippen MR) is 102 cm³/mol. The van der Waals surface area contributed by atoms with Crippen LogP contribution in [0.5, 0.6) is 5.75 Å². The summed E-state index contributed by atoms with van der Waals surface area (Å²) in [6.45, 7) is 7.74. The summed E-state index contributed by atoms with van der Waals surface area (Å²) in [6.07, 6.45) is 3.46. The Hall–Kier alpha value is -1.44. The maximum atomic E-state index is 12.8. The van der Waals surface area contributed by atoms with E-state index in [2.05, 4.69) is 16.5 Å². The second-order valence-electron chi connectivity index (χ2n) is 7.02. The first-order chi connectivity index (χ1) is 12.3. The van der Waals surface area contributed by atoms with Crippen molar-refractivity contribution in [2.24, 2.45) is 0 Å². The van der Waals surface area contributed by atoms with Gasteiger partial charge in [0.1, 0.15) is 5.75 Å². The number of nitrogens with one attached hydrogen (secondary N) is 1. The summed E-state index contributed by atoms with van der Waals surface area (Å²) >= 11 is 0. The van der Waals surface area contributed by atoms with Gasteiger partial charge >= 0.3 is 0 Å². The van der Waals surface area contributed by atoms with E-state index in [0.717, 1.165) is 25.9 Å². The molecule has 1 aliphatic rings. The average Bonchev–Trinajstić information content (AvgIpc) is 3.05. The van der Waals surface area contributed by atoms with Crippen molar-refractivity contribution in [3.05, 3.63) is 23.8 Å². The lowest BCUT2D eigenvalue weighted by molar-refractivity contribution is 0.0964. The third-order valence-electron chi connectivity index (χ3n) is 4.78. The summed E-state index contributed by atoms with van der Waals surface area (Å²) in [5.74, 6) is 0.337. The standard InChI is InChI=1S/C19H30N2O4S/c1-5-21-12-6-7-15(21)8-10-18(22)17-13-16(9-11-19(17)25-4)26(23,24)20-14(2)3/h9,11,13-15,20H,5-8,10,12H2,1-4H3. The van der Waals surface area contributed by atoms with Crippen molar-refractivity contribution in [2.75, 3.05) is 20.2 Å². The van der Waals surface area contributed by atoms with E-state index < -0.39 is 10.0 Å². The number of ketones is 1. The molecule has 1 N–H and O–H groups in total. The van der Waals surface area contributed by atoms with Gasteiger partial charge < -0.3 is 9.64 Å². The Morgan fingerprint density at radius 3 is 2.73 bits per heavy atom. The molecule has 26 heavy (non-hydrogen) atoms. The molecule has 6 nitrogen and oxygen atoms in total. The number of hydrogen-bond acceptors (Lipinski definition) is 5. The molecule has 146 valence electrons. The lowest BCUT2D eigenvalue weighted by atomic mass is 10.0. The SMILES string of the molecule is CCN1CCCC1CCC(=O)c1cc(S(=O)(=O)NC(C)C)ccc1OC. The minimum Gasteiger partial charge on any atom is -0.496 e. The molecule has 0 bridgehead atoms. The first-order valence-corrected chi connectivity index (χ1v) is 10.7. The molecule has 1 atom stereocenters. The first-order valence-electron chi connectivity index (χ1n) is 9.26. The normalized spacial score (nSPS) is 18.4. The van der Waals surface area contributed by atoms with Crippen molar-refractivity contribution in [3.63, 3.8) is 0 Å². The highest BCUT2D eigenvalue weighted by Crippen LogP contribution is 2.26. The first kappa shape index (κ1) is 20.9. The molecule has 7 heteroatoms. The molecule has 1 unspecified atom stereocenters. The number of hydrogen-bond donors (Lipinski definition) is 1. The Morgan fingerprint density at radius 1 is 1.38 bits per heavy atom. The van der Waals surface area contributed by atoms with Crippen molar-refractivity contribution in [1.29, 1.82) is 0 Å². The minimum absolute atomic E-state index is 0.0774. The summed E-state index contributed by atoms with van der Waals surface area (Å²) in [4.78, 5) is 15.3. The molecule has 2 rings (SSSR count). The molecule has 0 radical (unpaired) electrons. The zero-order valence-corrected chi connectivity index (χ0v) is 16.9. The van der Waals surface area contributed by atoms with Crippen LogP contribution in [0.4, 0.5) is 0 Å². The van der Waals surface area contributed by atoms with E-state index in [9.17, 15) is 13.2 Å². The fourth-order valence-electron chi connectivity index (χ4n) is 3.52. The molecular weight excluding hydrogens is 352 g/mol. The van der Waals surface area contributed by atoms with Crippen LogP contribution in [0.1, 0.15) is 56.8 Å². The monoisotopic (exact) mass is 382 g/mol. The Labute approximate surface area is 157 Å². The number of rotatable bonds is 9. The molecule has 0 amide bonds. The van der Waals surface area contributed by atoms with E-state index >= 15 is 0 Å². The van der Waals surface area contributed by atoms with Gasteiger partial charge in [0.15, 0.2) is 5.78 Å². The largest absolute Gasteiger partial charge is 0.496 e. The van der Waals surface area contributed by atoms with Gasteiger partial charge in [-0.05, 0) is 64.4 Å². The lowest BCUT2D eigenvalue weighted by Crippen LogP contribution is -2.30. The van der Waals surface area contributed by atoms with Crippen LogP contribution in [-0.4, -0.2) is 51.4 Å². The summed E-state index contributed by atoms with van der Waals surface area (Å²) in [7, 11) is -2.16. The predicted octanol–water partition coefficient (Wildman–Crippen LogP) is 2.83. The second kappa shape index (κ2) is 8.97. The summed E-state index contributed by atoms with van der Waals surface area (Å²) in [5, 5.41) is 0. The zero-order chi connectivity index (χ0) is 19.3. The fraction of sp³-hybridized carbons (Fsp3) is 0.632. The summed E-state index contributed by atoms with van der Waals surface area (Å²) in [6, 6.07) is 4.66. The molecular formula is C19H30N2O4S. The number of Topliss-reactive ketones (excluding diaryl/α,β-unsaturated/α-hetero) is 1. The number of carbonyl (C=O) groups excluding carboxylic acids is 1. The molecule has 0 aliphatic carbocycles. The quantitative estimate of drug-likeness (QED) is 0.665. The Kier molecular flexibility index (Phi) is 7.20. The molecule has 1 saturated heterocycles. The van der Waals surface area contributed by atoms with E-state index in [1.807, 2.05) is 0 Å². The molecule has 0 aromatic heterocycles. The van der Waals surface area contributed by atoms with Crippen LogP contribution in [-0.2, 0) is 10.0 Å². The molecule has 1 fully saturated rings. The Bertz CT molecular complexity index is 731. The molecule has 0 saturated carbocycles. The number of carbonyl (C=O) groups is 1. The van der Waals surface area contributed by atoms with Crippen molar-refractivity contribution >= 4 is 15.8 Å². The van der Waals surface area contributed by atoms with Crippen molar-refractivity contribution in [1.82, 2.24) is 9.62 Å². The number of nitrogens with zero attached hydrogens (tertiary/aromatic N) is 1. The van der Waals surface area contributed by atoms with E-state index in [1.165, 1.54) is 25.7 Å². The van der Waals surface area contributed by atoms with Crippen molar-refractivity contribution in [3.8, 4) is 5.75 Å². The molecule has 1 aromatic carbocycles. The molecule has 1 aliphatic heterocycles. The van der Waals surface area contributed by atoms with Crippen LogP contribution < -0.4 is 9.46 Å². The van der Waals surface area contributed by atoms with Gasteiger partial charge in [0.25, 0.3) is 0 Å². The number of methoxy groups -OCH3 is 1. The maximum absolute atomic E-state index is 12.8. The Balaban J connectivity index is 2.18. The fourth-order valence-corrected chi connectivity index (χ4v) is 4.80. The number of likely N-dealkylation sites (tertiary alicyclic amines) is 1. The van der Waals surface area contributed by atoms with Crippen LogP contribution >= 0.6 is 0 Å². The Morgan fingerprint density at radius 2 is 2.12 bits per heavy atom. The number of ether oxygens (including phenoxy) is 1. The van der Waals surface area contributed by atoms with E-state index in [0.29, 0.717) is 23.8 Å². The van der Waals surface area contributed by atoms with Crippen molar-refractivity contribution in [2.45, 2.75) is 63.4 Å². The van der Waals surface area contributed by atoms with E-state index in [4.69, 9.17) is 4.74 Å². The van der Waals surface area contributed by atoms with Gasteiger partial charge in [0.2, 0.25) is 10.0 Å². The average molecular weight is 383 g/mol. The third-order valence-corrected chi connectivity index (χ3v) is 6.44. The highest BCUT2D eigenvalue weighted by molar-refractivity contribution is 7.89. The van der Waals surface area contributed by atoms with Crippen molar-refractivity contribution < 1.29 is 17.9 Å². The van der Waals surface area contributed by atoms with Gasteiger partial charge in [-0.3, -0.25) is 4.79 Å². The lowest BCUT2D eigenvalue weighted by Gasteiger charge is -2.22. The summed E-state index contributed by atoms with van der Waals surface area (Å²) in [5.41, 5.74) is 0.333.